The van der Waals surface area contributed by atoms with E-state index in [1.807, 2.05) is 0 Å². The molecule has 0 spiro atoms. The Morgan fingerprint density at radius 2 is 2.05 bits per heavy atom. The first kappa shape index (κ1) is 15.7. The van der Waals surface area contributed by atoms with Crippen LogP contribution in [0.15, 0.2) is 0 Å². The zero-order valence-corrected chi connectivity index (χ0v) is 11.4. The SMILES string of the molecule is CC(C)(C)OC(=O)NCC(=O)N1C(=O)NC[C@H]1C(=O)O. The number of hydrogen-bond donors (Lipinski definition) is 3. The summed E-state index contributed by atoms with van der Waals surface area (Å²) in [7, 11) is 0. The highest BCUT2D eigenvalue weighted by atomic mass is 16.6. The molecule has 1 fully saturated rings. The monoisotopic (exact) mass is 287 g/mol. The molecule has 112 valence electrons. The van der Waals surface area contributed by atoms with E-state index in [0.717, 1.165) is 0 Å². The van der Waals surface area contributed by atoms with E-state index in [-0.39, 0.29) is 6.54 Å². The van der Waals surface area contributed by atoms with E-state index < -0.39 is 42.2 Å². The number of amides is 4. The zero-order chi connectivity index (χ0) is 15.5. The number of aliphatic carboxylic acids is 1. The largest absolute Gasteiger partial charge is 0.480 e. The van der Waals surface area contributed by atoms with Gasteiger partial charge in [0.05, 0.1) is 6.54 Å². The Hall–Kier alpha value is -2.32. The molecule has 0 saturated carbocycles. The van der Waals surface area contributed by atoms with Gasteiger partial charge >= 0.3 is 18.1 Å². The van der Waals surface area contributed by atoms with Crippen molar-refractivity contribution in [3.05, 3.63) is 0 Å². The summed E-state index contributed by atoms with van der Waals surface area (Å²) in [6, 6.07) is -2.07. The van der Waals surface area contributed by atoms with Crippen LogP contribution in [0.25, 0.3) is 0 Å². The molecule has 1 heterocycles. The van der Waals surface area contributed by atoms with Gasteiger partial charge in [0, 0.05) is 0 Å². The smallest absolute Gasteiger partial charge is 0.408 e. The van der Waals surface area contributed by atoms with Crippen molar-refractivity contribution in [2.45, 2.75) is 32.4 Å². The van der Waals surface area contributed by atoms with E-state index in [1.165, 1.54) is 0 Å². The molecule has 1 atom stereocenters. The highest BCUT2D eigenvalue weighted by Gasteiger charge is 2.40. The minimum Gasteiger partial charge on any atom is -0.480 e. The summed E-state index contributed by atoms with van der Waals surface area (Å²) in [5, 5.41) is 13.3. The summed E-state index contributed by atoms with van der Waals surface area (Å²) < 4.78 is 4.91. The van der Waals surface area contributed by atoms with Gasteiger partial charge in [0.2, 0.25) is 0 Å². The summed E-state index contributed by atoms with van der Waals surface area (Å²) in [4.78, 5) is 46.0. The number of nitrogens with zero attached hydrogens (tertiary/aromatic N) is 1. The second-order valence-corrected chi connectivity index (χ2v) is 5.16. The molecule has 4 amide bonds. The number of carbonyl (C=O) groups excluding carboxylic acids is 3. The van der Waals surface area contributed by atoms with Crippen molar-refractivity contribution in [2.75, 3.05) is 13.1 Å². The lowest BCUT2D eigenvalue weighted by Crippen LogP contribution is -2.48. The van der Waals surface area contributed by atoms with Gasteiger partial charge in [-0.1, -0.05) is 0 Å². The van der Waals surface area contributed by atoms with Crippen molar-refractivity contribution in [2.24, 2.45) is 0 Å². The number of imide groups is 1. The highest BCUT2D eigenvalue weighted by Crippen LogP contribution is 2.08. The van der Waals surface area contributed by atoms with Crippen LogP contribution in [0.4, 0.5) is 9.59 Å². The quantitative estimate of drug-likeness (QED) is 0.643. The lowest BCUT2D eigenvalue weighted by Gasteiger charge is -2.21. The van der Waals surface area contributed by atoms with Crippen molar-refractivity contribution >= 4 is 24.0 Å². The van der Waals surface area contributed by atoms with Crippen molar-refractivity contribution in [3.63, 3.8) is 0 Å². The van der Waals surface area contributed by atoms with Gasteiger partial charge in [-0.15, -0.1) is 0 Å². The van der Waals surface area contributed by atoms with E-state index in [2.05, 4.69) is 10.6 Å². The lowest BCUT2D eigenvalue weighted by molar-refractivity contribution is -0.145. The highest BCUT2D eigenvalue weighted by molar-refractivity contribution is 6.02. The number of alkyl carbamates (subject to hydrolysis) is 1. The van der Waals surface area contributed by atoms with Crippen molar-refractivity contribution in [1.29, 1.82) is 0 Å². The maximum Gasteiger partial charge on any atom is 0.408 e. The molecule has 1 saturated heterocycles. The standard InChI is InChI=1S/C11H17N3O6/c1-11(2,3)20-10(19)13-5-7(15)14-6(8(16)17)4-12-9(14)18/h6H,4-5H2,1-3H3,(H,12,18)(H,13,19)(H,16,17)/t6-/m0/s1. The third-order valence-corrected chi connectivity index (χ3v) is 2.31. The second kappa shape index (κ2) is 5.76. The number of hydrogen-bond acceptors (Lipinski definition) is 5. The van der Waals surface area contributed by atoms with Crippen LogP contribution >= 0.6 is 0 Å². The van der Waals surface area contributed by atoms with Gasteiger partial charge in [-0.2, -0.15) is 0 Å². The van der Waals surface area contributed by atoms with Gasteiger partial charge in [0.25, 0.3) is 5.91 Å². The van der Waals surface area contributed by atoms with E-state index in [9.17, 15) is 19.2 Å². The molecule has 0 aromatic rings. The Bertz CT molecular complexity index is 442. The van der Waals surface area contributed by atoms with Crippen LogP contribution in [-0.2, 0) is 14.3 Å². The van der Waals surface area contributed by atoms with Gasteiger partial charge in [0.1, 0.15) is 12.1 Å². The molecule has 0 aromatic carbocycles. The van der Waals surface area contributed by atoms with E-state index >= 15 is 0 Å². The zero-order valence-electron chi connectivity index (χ0n) is 11.4. The molecule has 1 rings (SSSR count). The third-order valence-electron chi connectivity index (χ3n) is 2.31. The normalized spacial score (nSPS) is 18.4. The maximum absolute atomic E-state index is 11.8. The number of urea groups is 1. The molecule has 1 aliphatic heterocycles. The second-order valence-electron chi connectivity index (χ2n) is 5.16. The van der Waals surface area contributed by atoms with Crippen molar-refractivity contribution in [3.8, 4) is 0 Å². The fraction of sp³-hybridized carbons (Fsp3) is 0.636. The topological polar surface area (TPSA) is 125 Å². The van der Waals surface area contributed by atoms with Gasteiger partial charge in [-0.25, -0.2) is 19.3 Å². The van der Waals surface area contributed by atoms with Crippen LogP contribution in [0.5, 0.6) is 0 Å². The van der Waals surface area contributed by atoms with Crippen LogP contribution in [0.2, 0.25) is 0 Å². The molecule has 0 radical (unpaired) electrons. The number of carbonyl (C=O) groups is 4. The van der Waals surface area contributed by atoms with Gasteiger partial charge in [-0.3, -0.25) is 4.79 Å². The Morgan fingerprint density at radius 1 is 1.45 bits per heavy atom. The predicted molar refractivity (Wildman–Crippen MR) is 65.9 cm³/mol. The Morgan fingerprint density at radius 3 is 2.55 bits per heavy atom. The maximum atomic E-state index is 11.8. The molecular formula is C11H17N3O6. The minimum absolute atomic E-state index is 0.160. The number of carboxylic acids is 1. The van der Waals surface area contributed by atoms with E-state index in [0.29, 0.717) is 4.90 Å². The van der Waals surface area contributed by atoms with Crippen LogP contribution in [0.1, 0.15) is 20.8 Å². The molecule has 9 nitrogen and oxygen atoms in total. The summed E-state index contributed by atoms with van der Waals surface area (Å²) in [5.74, 6) is -2.12. The Labute approximate surface area is 115 Å². The Balaban J connectivity index is 2.56. The summed E-state index contributed by atoms with van der Waals surface area (Å²) in [5.41, 5.74) is -0.720. The Kier molecular flexibility index (Phi) is 4.53. The third kappa shape index (κ3) is 4.11. The van der Waals surface area contributed by atoms with Crippen LogP contribution in [0.3, 0.4) is 0 Å². The fourth-order valence-corrected chi connectivity index (χ4v) is 1.53. The molecule has 0 bridgehead atoms. The number of nitrogens with one attached hydrogen (secondary N) is 2. The fourth-order valence-electron chi connectivity index (χ4n) is 1.53. The molecule has 20 heavy (non-hydrogen) atoms. The van der Waals surface area contributed by atoms with E-state index in [4.69, 9.17) is 9.84 Å². The molecule has 0 aliphatic carbocycles. The van der Waals surface area contributed by atoms with Gasteiger partial charge in [-0.05, 0) is 20.8 Å². The van der Waals surface area contributed by atoms with E-state index in [1.54, 1.807) is 20.8 Å². The van der Waals surface area contributed by atoms with Crippen LogP contribution < -0.4 is 10.6 Å². The first-order valence-corrected chi connectivity index (χ1v) is 5.91. The van der Waals surface area contributed by atoms with Crippen LogP contribution in [0, 0.1) is 0 Å². The summed E-state index contributed by atoms with van der Waals surface area (Å²) >= 11 is 0. The molecule has 0 aromatic heterocycles. The first-order chi connectivity index (χ1) is 9.11. The lowest BCUT2D eigenvalue weighted by atomic mass is 10.2. The molecule has 3 N–H and O–H groups in total. The van der Waals surface area contributed by atoms with Crippen molar-refractivity contribution in [1.82, 2.24) is 15.5 Å². The van der Waals surface area contributed by atoms with Gasteiger partial charge < -0.3 is 20.5 Å². The van der Waals surface area contributed by atoms with Crippen molar-refractivity contribution < 1.29 is 29.0 Å². The number of carboxylic acid groups (broad SMARTS) is 1. The number of ether oxygens (including phenoxy) is 1. The molecule has 9 heteroatoms. The average molecular weight is 287 g/mol. The first-order valence-electron chi connectivity index (χ1n) is 5.91. The molecule has 0 unspecified atom stereocenters. The minimum atomic E-state index is -1.30. The molecule has 1 aliphatic rings. The number of rotatable bonds is 3. The summed E-state index contributed by atoms with van der Waals surface area (Å²) in [6.07, 6.45) is -0.822. The van der Waals surface area contributed by atoms with Crippen LogP contribution in [-0.4, -0.2) is 58.7 Å². The predicted octanol–water partition coefficient (Wildman–Crippen LogP) is -0.484. The summed E-state index contributed by atoms with van der Waals surface area (Å²) in [6.45, 7) is 4.28. The van der Waals surface area contributed by atoms with Gasteiger partial charge in [0.15, 0.2) is 6.04 Å². The molecular weight excluding hydrogens is 270 g/mol. The average Bonchev–Trinajstić information content (AvgIpc) is 2.66.